The first-order valence-corrected chi connectivity index (χ1v) is 11.4. The summed E-state index contributed by atoms with van der Waals surface area (Å²) in [6, 6.07) is 15.9. The number of hydrogen-bond donors (Lipinski definition) is 2. The number of carbonyl (C=O) groups excluding carboxylic acids is 2. The van der Waals surface area contributed by atoms with Crippen LogP contribution in [0.5, 0.6) is 0 Å². The predicted molar refractivity (Wildman–Crippen MR) is 130 cm³/mol. The zero-order valence-corrected chi connectivity index (χ0v) is 18.7. The van der Waals surface area contributed by atoms with Crippen molar-refractivity contribution in [2.24, 2.45) is 7.05 Å². The number of amides is 2. The van der Waals surface area contributed by atoms with Gasteiger partial charge in [0.05, 0.1) is 11.1 Å². The van der Waals surface area contributed by atoms with E-state index in [-0.39, 0.29) is 18.4 Å². The Morgan fingerprint density at radius 3 is 2.03 bits per heavy atom. The van der Waals surface area contributed by atoms with Crippen molar-refractivity contribution < 1.29 is 14.7 Å². The second-order valence-corrected chi connectivity index (χ2v) is 8.60. The van der Waals surface area contributed by atoms with Gasteiger partial charge in [-0.3, -0.25) is 14.9 Å². The molecule has 168 valence electrons. The number of carbonyl (C=O) groups is 2. The van der Waals surface area contributed by atoms with E-state index in [1.165, 1.54) is 0 Å². The maximum absolute atomic E-state index is 13.1. The lowest BCUT2D eigenvalue weighted by Gasteiger charge is -2.05. The van der Waals surface area contributed by atoms with Gasteiger partial charge < -0.3 is 14.2 Å². The molecule has 2 aromatic carbocycles. The van der Waals surface area contributed by atoms with E-state index in [1.807, 2.05) is 66.5 Å². The summed E-state index contributed by atoms with van der Waals surface area (Å²) >= 11 is 0. The van der Waals surface area contributed by atoms with Crippen molar-refractivity contribution in [1.82, 2.24) is 14.5 Å². The van der Waals surface area contributed by atoms with Gasteiger partial charge in [0.1, 0.15) is 0 Å². The van der Waals surface area contributed by atoms with Crippen LogP contribution in [-0.2, 0) is 23.2 Å². The number of nitrogens with one attached hydrogen (secondary N) is 1. The van der Waals surface area contributed by atoms with Crippen molar-refractivity contribution in [1.29, 1.82) is 0 Å². The molecule has 0 fully saturated rings. The number of nitrogens with zero attached hydrogens (tertiary/aromatic N) is 2. The smallest absolute Gasteiger partial charge is 0.259 e. The third kappa shape index (κ3) is 3.66. The molecule has 6 heteroatoms. The van der Waals surface area contributed by atoms with Gasteiger partial charge in [0.15, 0.2) is 0 Å². The molecule has 1 aliphatic rings. The van der Waals surface area contributed by atoms with Crippen LogP contribution in [0.4, 0.5) is 0 Å². The number of imide groups is 1. The zero-order valence-electron chi connectivity index (χ0n) is 18.7. The summed E-state index contributed by atoms with van der Waals surface area (Å²) in [5.41, 5.74) is 4.48. The van der Waals surface area contributed by atoms with E-state index in [0.717, 1.165) is 65.2 Å². The Morgan fingerprint density at radius 2 is 1.33 bits per heavy atom. The highest BCUT2D eigenvalue weighted by Crippen LogP contribution is 2.38. The summed E-state index contributed by atoms with van der Waals surface area (Å²) in [6.07, 6.45) is 7.77. The van der Waals surface area contributed by atoms with Crippen molar-refractivity contribution in [3.8, 4) is 0 Å². The van der Waals surface area contributed by atoms with Crippen molar-refractivity contribution >= 4 is 44.8 Å². The molecule has 33 heavy (non-hydrogen) atoms. The van der Waals surface area contributed by atoms with E-state index in [1.54, 1.807) is 0 Å². The van der Waals surface area contributed by atoms with Crippen LogP contribution in [0.2, 0.25) is 0 Å². The molecule has 0 bridgehead atoms. The van der Waals surface area contributed by atoms with Crippen molar-refractivity contribution in [2.75, 3.05) is 6.61 Å². The molecule has 0 saturated heterocycles. The quantitative estimate of drug-likeness (QED) is 0.317. The Hall–Kier alpha value is -3.64. The van der Waals surface area contributed by atoms with Gasteiger partial charge >= 0.3 is 0 Å². The number of unbranched alkanes of at least 4 members (excludes halogenated alkanes) is 3. The Balaban J connectivity index is 1.65. The van der Waals surface area contributed by atoms with Gasteiger partial charge in [-0.15, -0.1) is 0 Å². The molecule has 0 saturated carbocycles. The highest BCUT2D eigenvalue weighted by atomic mass is 16.3. The molecule has 0 aliphatic carbocycles. The van der Waals surface area contributed by atoms with Gasteiger partial charge in [-0.2, -0.15) is 0 Å². The average molecular weight is 442 g/mol. The largest absolute Gasteiger partial charge is 0.396 e. The molecule has 0 spiro atoms. The van der Waals surface area contributed by atoms with Gasteiger partial charge in [0.2, 0.25) is 0 Å². The summed E-state index contributed by atoms with van der Waals surface area (Å²) in [6.45, 7) is 1.04. The van der Waals surface area contributed by atoms with E-state index >= 15 is 0 Å². The number of aromatic nitrogens is 2. The molecular formula is C27H27N3O3. The summed E-state index contributed by atoms with van der Waals surface area (Å²) in [5, 5.41) is 13.5. The number of para-hydroxylation sites is 2. The first-order chi connectivity index (χ1) is 16.1. The minimum atomic E-state index is -0.354. The van der Waals surface area contributed by atoms with Gasteiger partial charge in [-0.25, -0.2) is 0 Å². The van der Waals surface area contributed by atoms with Crippen molar-refractivity contribution in [2.45, 2.75) is 32.2 Å². The second-order valence-electron chi connectivity index (χ2n) is 8.60. The molecule has 3 heterocycles. The monoisotopic (exact) mass is 441 g/mol. The van der Waals surface area contributed by atoms with Crippen LogP contribution in [-0.4, -0.2) is 32.7 Å². The highest BCUT2D eigenvalue weighted by molar-refractivity contribution is 6.50. The van der Waals surface area contributed by atoms with E-state index in [0.29, 0.717) is 11.1 Å². The van der Waals surface area contributed by atoms with Gasteiger partial charge in [0, 0.05) is 65.5 Å². The third-order valence-electron chi connectivity index (χ3n) is 6.46. The predicted octanol–water partition coefficient (Wildman–Crippen LogP) is 4.25. The van der Waals surface area contributed by atoms with E-state index < -0.39 is 0 Å². The molecule has 2 amide bonds. The van der Waals surface area contributed by atoms with Crippen molar-refractivity contribution in [3.05, 3.63) is 72.1 Å². The normalized spacial score (nSPS) is 14.1. The number of benzene rings is 2. The van der Waals surface area contributed by atoms with E-state index in [4.69, 9.17) is 5.11 Å². The van der Waals surface area contributed by atoms with E-state index in [9.17, 15) is 9.59 Å². The summed E-state index contributed by atoms with van der Waals surface area (Å²) in [4.78, 5) is 26.1. The summed E-state index contributed by atoms with van der Waals surface area (Å²) in [7, 11) is 1.95. The van der Waals surface area contributed by atoms with Crippen LogP contribution >= 0.6 is 0 Å². The number of aliphatic hydroxyl groups excluding tert-OH is 1. The number of hydrogen-bond acceptors (Lipinski definition) is 3. The van der Waals surface area contributed by atoms with Crippen LogP contribution in [0.25, 0.3) is 33.0 Å². The number of aryl methyl sites for hydroxylation is 2. The lowest BCUT2D eigenvalue weighted by atomic mass is 9.95. The maximum atomic E-state index is 13.1. The van der Waals surface area contributed by atoms with Gasteiger partial charge in [-0.05, 0) is 25.0 Å². The lowest BCUT2D eigenvalue weighted by molar-refractivity contribution is -0.122. The molecule has 2 aromatic heterocycles. The van der Waals surface area contributed by atoms with Gasteiger partial charge in [0.25, 0.3) is 11.8 Å². The second kappa shape index (κ2) is 8.71. The number of aliphatic hydroxyl groups is 1. The average Bonchev–Trinajstić information content (AvgIpc) is 3.44. The molecule has 6 nitrogen and oxygen atoms in total. The Labute approximate surface area is 192 Å². The summed E-state index contributed by atoms with van der Waals surface area (Å²) in [5.74, 6) is -0.707. The molecule has 0 unspecified atom stereocenters. The third-order valence-corrected chi connectivity index (χ3v) is 6.46. The first kappa shape index (κ1) is 21.2. The Kier molecular flexibility index (Phi) is 5.60. The molecule has 1 aliphatic heterocycles. The number of rotatable bonds is 8. The van der Waals surface area contributed by atoms with Crippen LogP contribution < -0.4 is 5.32 Å². The van der Waals surface area contributed by atoms with Crippen LogP contribution in [0, 0.1) is 0 Å². The standard InChI is InChI=1S/C27H27N3O3/c1-29-16-20(18-10-4-6-12-22(18)29)24-25(27(33)28-26(24)32)21-17-30(14-8-2-3-9-15-31)23-13-7-5-11-19(21)23/h4-7,10-13,16-17,31H,2-3,8-9,14-15H2,1H3,(H,28,32,33). The minimum Gasteiger partial charge on any atom is -0.396 e. The maximum Gasteiger partial charge on any atom is 0.259 e. The molecule has 4 aromatic rings. The molecular weight excluding hydrogens is 414 g/mol. The van der Waals surface area contributed by atoms with Crippen molar-refractivity contribution in [3.63, 3.8) is 0 Å². The Bertz CT molecular complexity index is 1410. The van der Waals surface area contributed by atoms with Gasteiger partial charge in [-0.1, -0.05) is 49.2 Å². The van der Waals surface area contributed by atoms with Crippen LogP contribution in [0.3, 0.4) is 0 Å². The van der Waals surface area contributed by atoms with E-state index in [2.05, 4.69) is 16.0 Å². The topological polar surface area (TPSA) is 76.3 Å². The summed E-state index contributed by atoms with van der Waals surface area (Å²) < 4.78 is 4.16. The Morgan fingerprint density at radius 1 is 0.758 bits per heavy atom. The molecule has 0 radical (unpaired) electrons. The molecule has 2 N–H and O–H groups in total. The lowest BCUT2D eigenvalue weighted by Crippen LogP contribution is -2.22. The SMILES string of the molecule is Cn1cc(C2=C(c3cn(CCCCCCO)c4ccccc34)C(=O)NC2=O)c2ccccc21. The van der Waals surface area contributed by atoms with Crippen LogP contribution in [0.1, 0.15) is 36.8 Å². The highest BCUT2D eigenvalue weighted by Gasteiger charge is 2.35. The van der Waals surface area contributed by atoms with Crippen LogP contribution in [0.15, 0.2) is 60.9 Å². The number of fused-ring (bicyclic) bond motifs is 2. The molecule has 5 rings (SSSR count). The minimum absolute atomic E-state index is 0.227. The fourth-order valence-corrected chi connectivity index (χ4v) is 4.89. The molecule has 0 atom stereocenters. The fraction of sp³-hybridized carbons (Fsp3) is 0.259. The fourth-order valence-electron chi connectivity index (χ4n) is 4.89. The zero-order chi connectivity index (χ0) is 22.9. The first-order valence-electron chi connectivity index (χ1n) is 11.4.